The van der Waals surface area contributed by atoms with Crippen molar-refractivity contribution < 1.29 is 27.8 Å². The van der Waals surface area contributed by atoms with E-state index in [4.69, 9.17) is 0 Å². The van der Waals surface area contributed by atoms with E-state index in [1.165, 1.54) is 27.8 Å². The molecule has 1 saturated heterocycles. The number of alkyl halides is 2. The van der Waals surface area contributed by atoms with Gasteiger partial charge in [0.15, 0.2) is 5.60 Å². The van der Waals surface area contributed by atoms with Gasteiger partial charge in [-0.25, -0.2) is 27.5 Å². The van der Waals surface area contributed by atoms with Crippen LogP contribution in [0.3, 0.4) is 0 Å². The molecule has 0 radical (unpaired) electrons. The Labute approximate surface area is 312 Å². The van der Waals surface area contributed by atoms with E-state index in [9.17, 15) is 23.8 Å². The fraction of sp³-hybridized carbons (Fsp3) is 0.316. The van der Waals surface area contributed by atoms with E-state index >= 15 is 8.78 Å². The third kappa shape index (κ3) is 7.19. The number of aliphatic hydroxyl groups is 2. The number of hydrogen-bond acceptors (Lipinski definition) is 10. The molecular weight excluding hydrogens is 720 g/mol. The average Bonchev–Trinajstić information content (AvgIpc) is 3.84. The quantitative estimate of drug-likeness (QED) is 0.169. The standard InChI is InChI=1S/C38H38F4N10O3/c1-3-34(25(2)53)52-36(54)51(24-45-52)31-12-10-30(11-13-31)49-18-16-48(17-19-49)29-8-4-26(5-9-29)27-6-15-35(43-21-27)38(41,42)37(55,22-50-23-44-46-47-50)32-14-7-28(39)20-33(32)40/h4-15,20-21,23-25,34,53,55H,3,16-19,22H2,1-2H3. The normalized spacial score (nSPS) is 15.9. The maximum atomic E-state index is 16.2. The highest BCUT2D eigenvalue weighted by Gasteiger charge is 2.58. The van der Waals surface area contributed by atoms with Gasteiger partial charge in [-0.05, 0) is 83.9 Å². The monoisotopic (exact) mass is 758 g/mol. The van der Waals surface area contributed by atoms with Crippen LogP contribution in [-0.2, 0) is 18.1 Å². The molecule has 7 rings (SSSR count). The molecule has 1 aliphatic rings. The molecule has 3 atom stereocenters. The van der Waals surface area contributed by atoms with Gasteiger partial charge < -0.3 is 20.0 Å². The third-order valence-corrected chi connectivity index (χ3v) is 10.1. The van der Waals surface area contributed by atoms with E-state index in [0.717, 1.165) is 72.3 Å². The topological polar surface area (TPSA) is 143 Å². The molecule has 286 valence electrons. The molecule has 0 bridgehead atoms. The van der Waals surface area contributed by atoms with Crippen LogP contribution in [0.5, 0.6) is 0 Å². The lowest BCUT2D eigenvalue weighted by atomic mass is 9.84. The lowest BCUT2D eigenvalue weighted by molar-refractivity contribution is -0.207. The number of anilines is 2. The second kappa shape index (κ2) is 15.1. The maximum Gasteiger partial charge on any atom is 0.350 e. The zero-order valence-corrected chi connectivity index (χ0v) is 29.9. The Morgan fingerprint density at radius 1 is 0.836 bits per heavy atom. The molecular formula is C38H38F4N10O3. The molecule has 2 N–H and O–H groups in total. The summed E-state index contributed by atoms with van der Waals surface area (Å²) < 4.78 is 64.5. The molecule has 3 aromatic carbocycles. The SMILES string of the molecule is CCC(C(C)O)n1ncn(-c2ccc(N3CCN(c4ccc(-c5ccc(C(F)(F)C(O)(Cn6cnnn6)c6ccc(F)cc6F)nc5)cc4)CC3)cc2)c1=O. The predicted octanol–water partition coefficient (Wildman–Crippen LogP) is 4.70. The highest BCUT2D eigenvalue weighted by molar-refractivity contribution is 5.66. The van der Waals surface area contributed by atoms with E-state index in [0.29, 0.717) is 23.7 Å². The van der Waals surface area contributed by atoms with Crippen molar-refractivity contribution in [3.63, 3.8) is 0 Å². The average molecular weight is 759 g/mol. The van der Waals surface area contributed by atoms with Gasteiger partial charge in [0, 0.05) is 60.9 Å². The van der Waals surface area contributed by atoms with Crippen molar-refractivity contribution in [3.05, 3.63) is 131 Å². The molecule has 6 aromatic rings. The Bertz CT molecular complexity index is 2270. The van der Waals surface area contributed by atoms with Crippen LogP contribution in [0.2, 0.25) is 0 Å². The first-order valence-corrected chi connectivity index (χ1v) is 17.7. The minimum Gasteiger partial charge on any atom is -0.391 e. The number of aromatic nitrogens is 8. The van der Waals surface area contributed by atoms with Crippen LogP contribution in [-0.4, -0.2) is 82.0 Å². The van der Waals surface area contributed by atoms with Crippen molar-refractivity contribution in [2.24, 2.45) is 0 Å². The van der Waals surface area contributed by atoms with Gasteiger partial charge in [-0.2, -0.15) is 13.9 Å². The Kier molecular flexibility index (Phi) is 10.2. The molecule has 0 spiro atoms. The number of pyridine rings is 1. The first-order valence-electron chi connectivity index (χ1n) is 17.7. The van der Waals surface area contributed by atoms with Crippen LogP contribution < -0.4 is 15.5 Å². The minimum absolute atomic E-state index is 0.308. The van der Waals surface area contributed by atoms with Crippen LogP contribution >= 0.6 is 0 Å². The summed E-state index contributed by atoms with van der Waals surface area (Å²) in [6.45, 7) is 5.61. The molecule has 4 heterocycles. The van der Waals surface area contributed by atoms with Crippen LogP contribution in [0.15, 0.2) is 103 Å². The summed E-state index contributed by atoms with van der Waals surface area (Å²) in [5.41, 5.74) is -1.25. The molecule has 17 heteroatoms. The van der Waals surface area contributed by atoms with Gasteiger partial charge >= 0.3 is 11.6 Å². The molecule has 1 fully saturated rings. The molecule has 3 aromatic heterocycles. The predicted molar refractivity (Wildman–Crippen MR) is 195 cm³/mol. The van der Waals surface area contributed by atoms with Gasteiger partial charge in [-0.3, -0.25) is 4.98 Å². The van der Waals surface area contributed by atoms with E-state index in [1.807, 2.05) is 55.5 Å². The molecule has 1 aliphatic heterocycles. The number of piperazine rings is 1. The summed E-state index contributed by atoms with van der Waals surface area (Å²) in [5, 5.41) is 36.0. The smallest absolute Gasteiger partial charge is 0.350 e. The Morgan fingerprint density at radius 2 is 1.45 bits per heavy atom. The van der Waals surface area contributed by atoms with E-state index in [-0.39, 0.29) is 5.69 Å². The summed E-state index contributed by atoms with van der Waals surface area (Å²) in [6.07, 6.45) is 3.58. The van der Waals surface area contributed by atoms with Gasteiger partial charge in [0.1, 0.15) is 30.0 Å². The number of tetrazole rings is 1. The zero-order chi connectivity index (χ0) is 38.9. The molecule has 55 heavy (non-hydrogen) atoms. The number of hydrogen-bond donors (Lipinski definition) is 2. The second-order valence-electron chi connectivity index (χ2n) is 13.5. The van der Waals surface area contributed by atoms with Gasteiger partial charge in [-0.1, -0.05) is 25.1 Å². The molecule has 0 amide bonds. The Hall–Kier alpha value is -5.94. The number of rotatable bonds is 12. The second-order valence-corrected chi connectivity index (χ2v) is 13.5. The Morgan fingerprint density at radius 3 is 2.00 bits per heavy atom. The molecule has 0 saturated carbocycles. The number of aliphatic hydroxyl groups excluding tert-OH is 1. The maximum absolute atomic E-state index is 16.2. The van der Waals surface area contributed by atoms with Gasteiger partial charge in [0.2, 0.25) is 0 Å². The summed E-state index contributed by atoms with van der Waals surface area (Å²) in [5.74, 6) is -6.51. The van der Waals surface area contributed by atoms with E-state index in [1.54, 1.807) is 6.92 Å². The highest BCUT2D eigenvalue weighted by atomic mass is 19.3. The van der Waals surface area contributed by atoms with Crippen LogP contribution in [0, 0.1) is 11.6 Å². The van der Waals surface area contributed by atoms with Gasteiger partial charge in [0.25, 0.3) is 0 Å². The first-order chi connectivity index (χ1) is 26.4. The minimum atomic E-state index is -4.16. The Balaban J connectivity index is 1.00. The van der Waals surface area contributed by atoms with Crippen molar-refractivity contribution in [1.29, 1.82) is 0 Å². The lowest BCUT2D eigenvalue weighted by Crippen LogP contribution is -2.48. The lowest BCUT2D eigenvalue weighted by Gasteiger charge is -2.37. The van der Waals surface area contributed by atoms with E-state index in [2.05, 4.69) is 35.4 Å². The van der Waals surface area contributed by atoms with Gasteiger partial charge in [-0.15, -0.1) is 5.10 Å². The van der Waals surface area contributed by atoms with E-state index < -0.39 is 53.1 Å². The summed E-state index contributed by atoms with van der Waals surface area (Å²) in [6, 6.07) is 19.4. The van der Waals surface area contributed by atoms with Gasteiger partial charge in [0.05, 0.1) is 24.4 Å². The fourth-order valence-corrected chi connectivity index (χ4v) is 6.98. The van der Waals surface area contributed by atoms with Crippen LogP contribution in [0.4, 0.5) is 28.9 Å². The first kappa shape index (κ1) is 37.4. The van der Waals surface area contributed by atoms with Crippen LogP contribution in [0.25, 0.3) is 16.8 Å². The molecule has 3 unspecified atom stereocenters. The van der Waals surface area contributed by atoms with Crippen LogP contribution in [0.1, 0.15) is 37.6 Å². The number of nitrogens with zero attached hydrogens (tertiary/aromatic N) is 10. The number of benzene rings is 3. The fourth-order valence-electron chi connectivity index (χ4n) is 6.98. The van der Waals surface area contributed by atoms with Crippen molar-refractivity contribution in [2.75, 3.05) is 36.0 Å². The van der Waals surface area contributed by atoms with Crippen molar-refractivity contribution in [3.8, 4) is 16.8 Å². The molecule has 13 nitrogen and oxygen atoms in total. The summed E-state index contributed by atoms with van der Waals surface area (Å²) >= 11 is 0. The van der Waals surface area contributed by atoms with Crippen molar-refractivity contribution in [1.82, 2.24) is 39.5 Å². The third-order valence-electron chi connectivity index (χ3n) is 10.1. The summed E-state index contributed by atoms with van der Waals surface area (Å²) in [4.78, 5) is 21.5. The summed E-state index contributed by atoms with van der Waals surface area (Å²) in [7, 11) is 0. The highest BCUT2D eigenvalue weighted by Crippen LogP contribution is 2.47. The zero-order valence-electron chi connectivity index (χ0n) is 29.9. The van der Waals surface area contributed by atoms with Crippen molar-refractivity contribution >= 4 is 11.4 Å². The van der Waals surface area contributed by atoms with Crippen molar-refractivity contribution in [2.45, 2.75) is 50.5 Å². The number of halogens is 4. The largest absolute Gasteiger partial charge is 0.391 e. The molecule has 0 aliphatic carbocycles.